The highest BCUT2D eigenvalue weighted by molar-refractivity contribution is 5.75. The van der Waals surface area contributed by atoms with Gasteiger partial charge >= 0.3 is 11.9 Å². The van der Waals surface area contributed by atoms with Gasteiger partial charge in [0.05, 0.1) is 26.0 Å². The highest BCUT2D eigenvalue weighted by Crippen LogP contribution is 1.89. The summed E-state index contributed by atoms with van der Waals surface area (Å²) in [5, 5.41) is 2.55. The van der Waals surface area contributed by atoms with E-state index in [1.165, 1.54) is 7.11 Å². The standard InChI is InChI=1S/C8H13NO4/c1-6(2)13-8(11)5-9-4-7(10)12-3/h9H,1,4-5H2,2-3H3. The zero-order valence-electron chi connectivity index (χ0n) is 7.75. The molecule has 1 N–H and O–H groups in total. The van der Waals surface area contributed by atoms with Crippen molar-refractivity contribution in [2.45, 2.75) is 6.92 Å². The van der Waals surface area contributed by atoms with E-state index in [1.54, 1.807) is 6.92 Å². The molecule has 0 aliphatic rings. The molecule has 0 amide bonds. The fourth-order valence-corrected chi connectivity index (χ4v) is 0.569. The van der Waals surface area contributed by atoms with Gasteiger partial charge in [-0.3, -0.25) is 14.9 Å². The minimum Gasteiger partial charge on any atom is -0.468 e. The van der Waals surface area contributed by atoms with E-state index < -0.39 is 11.9 Å². The normalized spacial score (nSPS) is 9.08. The van der Waals surface area contributed by atoms with E-state index in [-0.39, 0.29) is 13.1 Å². The van der Waals surface area contributed by atoms with Gasteiger partial charge in [0.2, 0.25) is 0 Å². The first-order valence-corrected chi connectivity index (χ1v) is 3.70. The van der Waals surface area contributed by atoms with Crippen LogP contribution in [0.5, 0.6) is 0 Å². The number of methoxy groups -OCH3 is 1. The average Bonchev–Trinajstić information content (AvgIpc) is 2.02. The highest BCUT2D eigenvalue weighted by Gasteiger charge is 2.04. The third-order valence-corrected chi connectivity index (χ3v) is 1.05. The highest BCUT2D eigenvalue weighted by atomic mass is 16.5. The van der Waals surface area contributed by atoms with Crippen LogP contribution in [0.15, 0.2) is 12.3 Å². The summed E-state index contributed by atoms with van der Waals surface area (Å²) in [5.74, 6) is -0.579. The van der Waals surface area contributed by atoms with Crippen molar-refractivity contribution < 1.29 is 19.1 Å². The van der Waals surface area contributed by atoms with Gasteiger partial charge in [-0.05, 0) is 6.92 Å². The molecule has 0 saturated heterocycles. The van der Waals surface area contributed by atoms with Crippen LogP contribution in [0.4, 0.5) is 0 Å². The molecule has 0 unspecified atom stereocenters. The van der Waals surface area contributed by atoms with Gasteiger partial charge in [-0.2, -0.15) is 0 Å². The molecule has 0 heterocycles. The van der Waals surface area contributed by atoms with Gasteiger partial charge < -0.3 is 9.47 Å². The second-order valence-corrected chi connectivity index (χ2v) is 2.36. The van der Waals surface area contributed by atoms with Crippen LogP contribution in [-0.2, 0) is 19.1 Å². The van der Waals surface area contributed by atoms with E-state index in [0.29, 0.717) is 5.76 Å². The second kappa shape index (κ2) is 6.19. The third kappa shape index (κ3) is 7.02. The number of hydrogen-bond acceptors (Lipinski definition) is 5. The molecule has 0 rings (SSSR count). The lowest BCUT2D eigenvalue weighted by Gasteiger charge is -2.03. The van der Waals surface area contributed by atoms with E-state index in [4.69, 9.17) is 0 Å². The minimum absolute atomic E-state index is 0.0121. The van der Waals surface area contributed by atoms with E-state index in [0.717, 1.165) is 0 Å². The van der Waals surface area contributed by atoms with Crippen molar-refractivity contribution in [3.8, 4) is 0 Å². The summed E-state index contributed by atoms with van der Waals surface area (Å²) in [6.45, 7) is 4.91. The van der Waals surface area contributed by atoms with Crippen molar-refractivity contribution in [1.82, 2.24) is 5.32 Å². The predicted octanol–water partition coefficient (Wildman–Crippen LogP) is -0.174. The number of ether oxygens (including phenoxy) is 2. The van der Waals surface area contributed by atoms with Crippen LogP contribution in [0.3, 0.4) is 0 Å². The predicted molar refractivity (Wildman–Crippen MR) is 45.8 cm³/mol. The van der Waals surface area contributed by atoms with Gasteiger partial charge in [0.15, 0.2) is 0 Å². The average molecular weight is 187 g/mol. The molecule has 5 heteroatoms. The van der Waals surface area contributed by atoms with E-state index in [1.807, 2.05) is 0 Å². The van der Waals surface area contributed by atoms with Crippen molar-refractivity contribution in [1.29, 1.82) is 0 Å². The molecule has 0 atom stereocenters. The van der Waals surface area contributed by atoms with Crippen molar-refractivity contribution in [2.75, 3.05) is 20.2 Å². The Bertz CT molecular complexity index is 212. The number of nitrogens with one attached hydrogen (secondary N) is 1. The van der Waals surface area contributed by atoms with Gasteiger partial charge in [0.1, 0.15) is 0 Å². The molecule has 0 saturated carbocycles. The first kappa shape index (κ1) is 11.6. The lowest BCUT2D eigenvalue weighted by molar-refractivity contribution is -0.140. The van der Waals surface area contributed by atoms with E-state index >= 15 is 0 Å². The Hall–Kier alpha value is -1.36. The molecule has 5 nitrogen and oxygen atoms in total. The van der Waals surface area contributed by atoms with Crippen LogP contribution in [0, 0.1) is 0 Å². The van der Waals surface area contributed by atoms with Gasteiger partial charge in [0, 0.05) is 0 Å². The Kier molecular flexibility index (Phi) is 5.54. The van der Waals surface area contributed by atoms with Gasteiger partial charge in [-0.25, -0.2) is 0 Å². The first-order valence-electron chi connectivity index (χ1n) is 3.70. The Labute approximate surface area is 76.7 Å². The van der Waals surface area contributed by atoms with Crippen LogP contribution in [0.2, 0.25) is 0 Å². The molecule has 74 valence electrons. The summed E-state index contributed by atoms with van der Waals surface area (Å²) in [5.41, 5.74) is 0. The molecular formula is C8H13NO4. The summed E-state index contributed by atoms with van der Waals surface area (Å²) in [6, 6.07) is 0. The number of allylic oxidation sites excluding steroid dienone is 1. The van der Waals surface area contributed by atoms with Crippen LogP contribution >= 0.6 is 0 Å². The molecule has 0 aliphatic carbocycles. The van der Waals surface area contributed by atoms with Crippen molar-refractivity contribution in [3.63, 3.8) is 0 Å². The SMILES string of the molecule is C=C(C)OC(=O)CNCC(=O)OC. The molecule has 0 aromatic rings. The van der Waals surface area contributed by atoms with Gasteiger partial charge in [-0.1, -0.05) is 6.58 Å². The summed E-state index contributed by atoms with van der Waals surface area (Å²) in [6.07, 6.45) is 0. The molecule has 0 spiro atoms. The van der Waals surface area contributed by atoms with Crippen LogP contribution in [0.1, 0.15) is 6.92 Å². The summed E-state index contributed by atoms with van der Waals surface area (Å²) < 4.78 is 8.96. The zero-order valence-corrected chi connectivity index (χ0v) is 7.75. The molecule has 0 fully saturated rings. The zero-order chi connectivity index (χ0) is 10.3. The maximum absolute atomic E-state index is 10.8. The van der Waals surface area contributed by atoms with Gasteiger partial charge in [0.25, 0.3) is 0 Å². The summed E-state index contributed by atoms with van der Waals surface area (Å²) in [4.78, 5) is 21.4. The molecule has 0 bridgehead atoms. The van der Waals surface area contributed by atoms with Crippen molar-refractivity contribution in [2.24, 2.45) is 0 Å². The Morgan fingerprint density at radius 3 is 2.31 bits per heavy atom. The van der Waals surface area contributed by atoms with Crippen LogP contribution in [0.25, 0.3) is 0 Å². The molecule has 0 radical (unpaired) electrons. The van der Waals surface area contributed by atoms with Crippen molar-refractivity contribution in [3.05, 3.63) is 12.3 Å². The summed E-state index contributed by atoms with van der Waals surface area (Å²) in [7, 11) is 1.27. The molecular weight excluding hydrogens is 174 g/mol. The quantitative estimate of drug-likeness (QED) is 0.478. The number of carbonyl (C=O) groups is 2. The molecule has 13 heavy (non-hydrogen) atoms. The first-order chi connectivity index (χ1) is 6.06. The fraction of sp³-hybridized carbons (Fsp3) is 0.500. The van der Waals surface area contributed by atoms with Crippen LogP contribution < -0.4 is 5.32 Å². The minimum atomic E-state index is -0.476. The largest absolute Gasteiger partial charge is 0.468 e. The van der Waals surface area contributed by atoms with Gasteiger partial charge in [-0.15, -0.1) is 0 Å². The molecule has 0 aliphatic heterocycles. The third-order valence-electron chi connectivity index (χ3n) is 1.05. The Morgan fingerprint density at radius 1 is 1.31 bits per heavy atom. The topological polar surface area (TPSA) is 64.6 Å². The molecule has 0 aromatic carbocycles. The van der Waals surface area contributed by atoms with E-state index in [2.05, 4.69) is 21.4 Å². The Morgan fingerprint density at radius 2 is 1.85 bits per heavy atom. The van der Waals surface area contributed by atoms with E-state index in [9.17, 15) is 9.59 Å². The summed E-state index contributed by atoms with van der Waals surface area (Å²) >= 11 is 0. The van der Waals surface area contributed by atoms with Crippen molar-refractivity contribution >= 4 is 11.9 Å². The number of esters is 2. The number of carbonyl (C=O) groups excluding carboxylic acids is 2. The number of rotatable bonds is 5. The maximum atomic E-state index is 10.8. The molecule has 0 aromatic heterocycles. The Balaban J connectivity index is 3.48. The monoisotopic (exact) mass is 187 g/mol. The number of hydrogen-bond donors (Lipinski definition) is 1. The van der Waals surface area contributed by atoms with Crippen LogP contribution in [-0.4, -0.2) is 32.1 Å². The maximum Gasteiger partial charge on any atom is 0.324 e. The lowest BCUT2D eigenvalue weighted by Crippen LogP contribution is -2.30. The second-order valence-electron chi connectivity index (χ2n) is 2.36. The fourth-order valence-electron chi connectivity index (χ4n) is 0.569. The lowest BCUT2D eigenvalue weighted by atomic mass is 10.5. The smallest absolute Gasteiger partial charge is 0.324 e.